The van der Waals surface area contributed by atoms with Gasteiger partial charge in [-0.15, -0.1) is 0 Å². The van der Waals surface area contributed by atoms with Gasteiger partial charge < -0.3 is 11.1 Å². The first-order chi connectivity index (χ1) is 11.6. The van der Waals surface area contributed by atoms with Gasteiger partial charge in [0, 0.05) is 12.5 Å². The number of amides is 1. The van der Waals surface area contributed by atoms with Crippen molar-refractivity contribution in [2.75, 3.05) is 0 Å². The number of carbonyl (C=O) groups excluding carboxylic acids is 1. The number of hydrogen-bond acceptors (Lipinski definition) is 2. The summed E-state index contributed by atoms with van der Waals surface area (Å²) in [4.78, 5) is 12.7. The Hall–Kier alpha value is -2.13. The van der Waals surface area contributed by atoms with E-state index in [9.17, 15) is 4.79 Å². The van der Waals surface area contributed by atoms with Crippen molar-refractivity contribution < 1.29 is 4.79 Å². The van der Waals surface area contributed by atoms with Crippen LogP contribution in [0.5, 0.6) is 0 Å². The predicted octanol–water partition coefficient (Wildman–Crippen LogP) is 3.58. The van der Waals surface area contributed by atoms with Gasteiger partial charge in [-0.1, -0.05) is 67.1 Å². The molecule has 1 saturated carbocycles. The molecule has 0 aliphatic heterocycles. The van der Waals surface area contributed by atoms with E-state index in [1.165, 1.54) is 0 Å². The standard InChI is InChI=1S/C21H26N2O/c1-21(17-10-4-2-5-11-17,18-12-6-3-7-13-18)23-20(24)15-16-9-8-14-19(16)22/h2-7,10-13,16,19H,8-9,14-15,22H2,1H3,(H,23,24)/t16-,19+/m0/s1. The van der Waals surface area contributed by atoms with Gasteiger partial charge in [-0.3, -0.25) is 4.79 Å². The van der Waals surface area contributed by atoms with Crippen LogP contribution in [0.15, 0.2) is 60.7 Å². The van der Waals surface area contributed by atoms with Crippen LogP contribution in [0.2, 0.25) is 0 Å². The highest BCUT2D eigenvalue weighted by Crippen LogP contribution is 2.31. The SMILES string of the molecule is CC(NC(=O)C[C@@H]1CCC[C@H]1N)(c1ccccc1)c1ccccc1. The second-order valence-electron chi connectivity index (χ2n) is 6.96. The second-order valence-corrected chi connectivity index (χ2v) is 6.96. The molecule has 3 rings (SSSR count). The third-order valence-corrected chi connectivity index (χ3v) is 5.26. The number of hydrogen-bond donors (Lipinski definition) is 2. The fourth-order valence-corrected chi connectivity index (χ4v) is 3.74. The third-order valence-electron chi connectivity index (χ3n) is 5.26. The normalized spacial score (nSPS) is 20.8. The second kappa shape index (κ2) is 7.18. The summed E-state index contributed by atoms with van der Waals surface area (Å²) >= 11 is 0. The van der Waals surface area contributed by atoms with Gasteiger partial charge in [0.2, 0.25) is 5.91 Å². The highest BCUT2D eigenvalue weighted by atomic mass is 16.1. The van der Waals surface area contributed by atoms with Gasteiger partial charge >= 0.3 is 0 Å². The van der Waals surface area contributed by atoms with E-state index in [-0.39, 0.29) is 11.9 Å². The Labute approximate surface area is 144 Å². The highest BCUT2D eigenvalue weighted by Gasteiger charge is 2.33. The minimum atomic E-state index is -0.539. The van der Waals surface area contributed by atoms with Crippen LogP contribution in [0.1, 0.15) is 43.7 Å². The molecule has 1 amide bonds. The molecule has 0 spiro atoms. The molecular formula is C21H26N2O. The minimum absolute atomic E-state index is 0.0764. The molecule has 0 saturated heterocycles. The summed E-state index contributed by atoms with van der Waals surface area (Å²) in [7, 11) is 0. The lowest BCUT2D eigenvalue weighted by atomic mass is 9.84. The van der Waals surface area contributed by atoms with Crippen molar-refractivity contribution in [1.29, 1.82) is 0 Å². The lowest BCUT2D eigenvalue weighted by Gasteiger charge is -2.33. The van der Waals surface area contributed by atoms with Gasteiger partial charge in [0.15, 0.2) is 0 Å². The maximum atomic E-state index is 12.7. The molecule has 0 aromatic heterocycles. The summed E-state index contributed by atoms with van der Waals surface area (Å²) in [6, 6.07) is 20.4. The van der Waals surface area contributed by atoms with Crippen LogP contribution in [0.25, 0.3) is 0 Å². The zero-order valence-corrected chi connectivity index (χ0v) is 14.2. The van der Waals surface area contributed by atoms with E-state index in [1.807, 2.05) is 36.4 Å². The Bertz CT molecular complexity index is 629. The molecule has 0 unspecified atom stereocenters. The molecule has 2 aromatic rings. The average molecular weight is 322 g/mol. The molecular weight excluding hydrogens is 296 g/mol. The summed E-state index contributed by atoms with van der Waals surface area (Å²) in [5.41, 5.74) is 7.76. The van der Waals surface area contributed by atoms with Crippen LogP contribution in [-0.4, -0.2) is 11.9 Å². The Balaban J connectivity index is 1.84. The molecule has 3 nitrogen and oxygen atoms in total. The van der Waals surface area contributed by atoms with Crippen LogP contribution in [-0.2, 0) is 10.3 Å². The first kappa shape index (κ1) is 16.7. The van der Waals surface area contributed by atoms with Crippen molar-refractivity contribution in [1.82, 2.24) is 5.32 Å². The van der Waals surface area contributed by atoms with Gasteiger partial charge in [-0.2, -0.15) is 0 Å². The monoisotopic (exact) mass is 322 g/mol. The van der Waals surface area contributed by atoms with Crippen molar-refractivity contribution >= 4 is 5.91 Å². The minimum Gasteiger partial charge on any atom is -0.343 e. The van der Waals surface area contributed by atoms with E-state index in [2.05, 4.69) is 36.5 Å². The van der Waals surface area contributed by atoms with Crippen molar-refractivity contribution in [3.8, 4) is 0 Å². The Kier molecular flexibility index (Phi) is 5.00. The average Bonchev–Trinajstić information content (AvgIpc) is 3.01. The molecule has 0 heterocycles. The van der Waals surface area contributed by atoms with E-state index < -0.39 is 5.54 Å². The van der Waals surface area contributed by atoms with Crippen LogP contribution < -0.4 is 11.1 Å². The molecule has 0 bridgehead atoms. The zero-order chi connectivity index (χ0) is 17.0. The third kappa shape index (κ3) is 3.51. The maximum absolute atomic E-state index is 12.7. The topological polar surface area (TPSA) is 55.1 Å². The number of nitrogens with one attached hydrogen (secondary N) is 1. The van der Waals surface area contributed by atoms with Gasteiger partial charge in [-0.25, -0.2) is 0 Å². The maximum Gasteiger partial charge on any atom is 0.221 e. The molecule has 3 heteroatoms. The van der Waals surface area contributed by atoms with Gasteiger partial charge in [0.05, 0.1) is 5.54 Å². The summed E-state index contributed by atoms with van der Waals surface area (Å²) in [6.45, 7) is 2.07. The van der Waals surface area contributed by atoms with E-state index in [1.54, 1.807) is 0 Å². The molecule has 126 valence electrons. The molecule has 0 radical (unpaired) electrons. The van der Waals surface area contributed by atoms with Gasteiger partial charge in [-0.05, 0) is 36.8 Å². The summed E-state index contributed by atoms with van der Waals surface area (Å²) in [5.74, 6) is 0.383. The molecule has 1 aliphatic carbocycles. The van der Waals surface area contributed by atoms with Crippen LogP contribution in [0, 0.1) is 5.92 Å². The summed E-state index contributed by atoms with van der Waals surface area (Å²) in [6.07, 6.45) is 3.73. The van der Waals surface area contributed by atoms with E-state index in [4.69, 9.17) is 5.73 Å². The first-order valence-corrected chi connectivity index (χ1v) is 8.77. The molecule has 1 fully saturated rings. The zero-order valence-electron chi connectivity index (χ0n) is 14.2. The largest absolute Gasteiger partial charge is 0.343 e. The number of carbonyl (C=O) groups is 1. The molecule has 24 heavy (non-hydrogen) atoms. The molecule has 3 N–H and O–H groups in total. The van der Waals surface area contributed by atoms with Crippen LogP contribution in [0.4, 0.5) is 0 Å². The molecule has 1 aliphatic rings. The smallest absolute Gasteiger partial charge is 0.221 e. The Morgan fingerprint density at radius 1 is 1.04 bits per heavy atom. The van der Waals surface area contributed by atoms with Gasteiger partial charge in [0.25, 0.3) is 0 Å². The van der Waals surface area contributed by atoms with Crippen molar-refractivity contribution in [2.24, 2.45) is 11.7 Å². The summed E-state index contributed by atoms with van der Waals surface area (Å²) in [5, 5.41) is 3.28. The molecule has 2 aromatic carbocycles. The van der Waals surface area contributed by atoms with Crippen LogP contribution in [0.3, 0.4) is 0 Å². The van der Waals surface area contributed by atoms with E-state index >= 15 is 0 Å². The first-order valence-electron chi connectivity index (χ1n) is 8.77. The number of rotatable bonds is 5. The van der Waals surface area contributed by atoms with E-state index in [0.29, 0.717) is 12.3 Å². The van der Waals surface area contributed by atoms with Crippen molar-refractivity contribution in [3.05, 3.63) is 71.8 Å². The van der Waals surface area contributed by atoms with E-state index in [0.717, 1.165) is 30.4 Å². The van der Waals surface area contributed by atoms with Gasteiger partial charge in [0.1, 0.15) is 0 Å². The van der Waals surface area contributed by atoms with Crippen molar-refractivity contribution in [3.63, 3.8) is 0 Å². The van der Waals surface area contributed by atoms with Crippen LogP contribution >= 0.6 is 0 Å². The fourth-order valence-electron chi connectivity index (χ4n) is 3.74. The van der Waals surface area contributed by atoms with Crippen molar-refractivity contribution in [2.45, 2.75) is 44.2 Å². The predicted molar refractivity (Wildman–Crippen MR) is 97.4 cm³/mol. The Morgan fingerprint density at radius 3 is 2.04 bits per heavy atom. The lowest BCUT2D eigenvalue weighted by molar-refractivity contribution is -0.123. The summed E-state index contributed by atoms with van der Waals surface area (Å²) < 4.78 is 0. The lowest BCUT2D eigenvalue weighted by Crippen LogP contribution is -2.45. The fraction of sp³-hybridized carbons (Fsp3) is 0.381. The highest BCUT2D eigenvalue weighted by molar-refractivity contribution is 5.78. The quantitative estimate of drug-likeness (QED) is 0.884. The molecule has 2 atom stereocenters. The number of benzene rings is 2. The Morgan fingerprint density at radius 2 is 1.58 bits per heavy atom. The number of nitrogens with two attached hydrogens (primary N) is 1.